The molecule has 4 nitrogen and oxygen atoms in total. The first-order valence-electron chi connectivity index (χ1n) is 15.4. The summed E-state index contributed by atoms with van der Waals surface area (Å²) in [6.45, 7) is 7.01. The third-order valence-corrected chi connectivity index (χ3v) is 7.16. The highest BCUT2D eigenvalue weighted by Crippen LogP contribution is 2.14. The van der Waals surface area contributed by atoms with Gasteiger partial charge < -0.3 is 16.4 Å². The van der Waals surface area contributed by atoms with Gasteiger partial charge in [0, 0.05) is 13.1 Å². The van der Waals surface area contributed by atoms with Crippen LogP contribution >= 0.6 is 0 Å². The van der Waals surface area contributed by atoms with Crippen LogP contribution in [-0.2, 0) is 4.79 Å². The van der Waals surface area contributed by atoms with E-state index in [-0.39, 0.29) is 11.9 Å². The maximum absolute atomic E-state index is 13.0. The predicted octanol–water partition coefficient (Wildman–Crippen LogP) is 8.11. The monoisotopic (exact) mass is 481 g/mol. The molecule has 0 aliphatic heterocycles. The smallest absolute Gasteiger partial charge is 0.239 e. The van der Waals surface area contributed by atoms with Gasteiger partial charge in [0.05, 0.1) is 6.04 Å². The average molecular weight is 482 g/mol. The minimum Gasteiger partial charge on any atom is -0.341 e. The Morgan fingerprint density at radius 1 is 0.559 bits per heavy atom. The maximum Gasteiger partial charge on any atom is 0.239 e. The van der Waals surface area contributed by atoms with Crippen LogP contribution in [0.4, 0.5) is 0 Å². The number of hydrogen-bond acceptors (Lipinski definition) is 3. The van der Waals surface area contributed by atoms with E-state index in [1.807, 2.05) is 0 Å². The third-order valence-electron chi connectivity index (χ3n) is 7.16. The standard InChI is InChI=1S/C30H63N3O/c1-3-5-7-9-11-13-15-17-19-23-27-33(30(34)29(32)25-21-22-26-31)28-24-20-18-16-14-12-10-8-6-4-2/h29H,3-28,31-32H2,1-2H3. The van der Waals surface area contributed by atoms with E-state index in [1.54, 1.807) is 0 Å². The quantitative estimate of drug-likeness (QED) is 0.116. The summed E-state index contributed by atoms with van der Waals surface area (Å²) in [6, 6.07) is -0.349. The van der Waals surface area contributed by atoms with Crippen LogP contribution in [0.25, 0.3) is 0 Å². The molecule has 0 radical (unpaired) electrons. The van der Waals surface area contributed by atoms with Crippen LogP contribution < -0.4 is 11.5 Å². The van der Waals surface area contributed by atoms with E-state index in [1.165, 1.54) is 116 Å². The number of amides is 1. The molecule has 4 N–H and O–H groups in total. The second-order valence-electron chi connectivity index (χ2n) is 10.6. The molecule has 4 heteroatoms. The van der Waals surface area contributed by atoms with Crippen molar-refractivity contribution >= 4 is 5.91 Å². The Bertz CT molecular complexity index is 392. The molecule has 0 spiro atoms. The van der Waals surface area contributed by atoms with Crippen LogP contribution in [0, 0.1) is 0 Å². The van der Waals surface area contributed by atoms with Gasteiger partial charge in [-0.3, -0.25) is 4.79 Å². The second kappa shape index (κ2) is 27.0. The van der Waals surface area contributed by atoms with E-state index in [4.69, 9.17) is 11.5 Å². The molecule has 0 aromatic carbocycles. The predicted molar refractivity (Wildman–Crippen MR) is 151 cm³/mol. The van der Waals surface area contributed by atoms with Crippen LogP contribution in [0.1, 0.15) is 162 Å². The van der Waals surface area contributed by atoms with Crippen molar-refractivity contribution < 1.29 is 4.79 Å². The number of carbonyl (C=O) groups excluding carboxylic acids is 1. The number of unbranched alkanes of at least 4 members (excludes halogenated alkanes) is 19. The Balaban J connectivity index is 4.10. The van der Waals surface area contributed by atoms with Crippen molar-refractivity contribution in [3.8, 4) is 0 Å². The lowest BCUT2D eigenvalue weighted by atomic mass is 10.0. The minimum atomic E-state index is -0.349. The zero-order valence-corrected chi connectivity index (χ0v) is 23.5. The number of rotatable bonds is 27. The summed E-state index contributed by atoms with van der Waals surface area (Å²) in [6.07, 6.45) is 29.2. The SMILES string of the molecule is CCCCCCCCCCCCN(CCCCCCCCCCCC)C(=O)C(N)CCCCN. The molecule has 0 aromatic heterocycles. The molecule has 0 rings (SSSR count). The van der Waals surface area contributed by atoms with Gasteiger partial charge in [-0.2, -0.15) is 0 Å². The van der Waals surface area contributed by atoms with Crippen molar-refractivity contribution in [2.75, 3.05) is 19.6 Å². The van der Waals surface area contributed by atoms with Crippen LogP contribution in [-0.4, -0.2) is 36.5 Å². The highest BCUT2D eigenvalue weighted by Gasteiger charge is 2.20. The molecule has 0 saturated heterocycles. The zero-order chi connectivity index (χ0) is 25.1. The van der Waals surface area contributed by atoms with Gasteiger partial charge in [0.2, 0.25) is 5.91 Å². The molecule has 0 aromatic rings. The van der Waals surface area contributed by atoms with E-state index >= 15 is 0 Å². The molecule has 0 saturated carbocycles. The number of nitrogens with two attached hydrogens (primary N) is 2. The molecule has 0 aliphatic carbocycles. The molecule has 0 aliphatic rings. The first-order valence-corrected chi connectivity index (χ1v) is 15.4. The van der Waals surface area contributed by atoms with Gasteiger partial charge >= 0.3 is 0 Å². The van der Waals surface area contributed by atoms with E-state index in [0.717, 1.165) is 45.2 Å². The van der Waals surface area contributed by atoms with Gasteiger partial charge in [0.15, 0.2) is 0 Å². The van der Waals surface area contributed by atoms with Gasteiger partial charge in [0.1, 0.15) is 0 Å². The van der Waals surface area contributed by atoms with Gasteiger partial charge in [-0.05, 0) is 32.2 Å². The Hall–Kier alpha value is -0.610. The van der Waals surface area contributed by atoms with Gasteiger partial charge in [0.25, 0.3) is 0 Å². The Morgan fingerprint density at radius 3 is 1.26 bits per heavy atom. The number of hydrogen-bond donors (Lipinski definition) is 2. The lowest BCUT2D eigenvalue weighted by molar-refractivity contribution is -0.133. The van der Waals surface area contributed by atoms with E-state index in [9.17, 15) is 4.79 Å². The van der Waals surface area contributed by atoms with Crippen LogP contribution in [0.3, 0.4) is 0 Å². The average Bonchev–Trinajstić information content (AvgIpc) is 2.84. The molecule has 0 bridgehead atoms. The van der Waals surface area contributed by atoms with Crippen molar-refractivity contribution in [2.24, 2.45) is 11.5 Å². The van der Waals surface area contributed by atoms with Crippen LogP contribution in [0.5, 0.6) is 0 Å². The fraction of sp³-hybridized carbons (Fsp3) is 0.967. The summed E-state index contributed by atoms with van der Waals surface area (Å²) in [5.74, 6) is 0.170. The van der Waals surface area contributed by atoms with E-state index in [0.29, 0.717) is 6.54 Å². The Kier molecular flexibility index (Phi) is 26.5. The summed E-state index contributed by atoms with van der Waals surface area (Å²) in [5.41, 5.74) is 11.9. The molecule has 1 amide bonds. The van der Waals surface area contributed by atoms with E-state index < -0.39 is 0 Å². The topological polar surface area (TPSA) is 72.3 Å². The Morgan fingerprint density at radius 2 is 0.912 bits per heavy atom. The lowest BCUT2D eigenvalue weighted by Gasteiger charge is -2.26. The molecule has 0 heterocycles. The fourth-order valence-corrected chi connectivity index (χ4v) is 4.78. The molecule has 0 fully saturated rings. The highest BCUT2D eigenvalue weighted by molar-refractivity contribution is 5.81. The normalized spacial score (nSPS) is 12.2. The first kappa shape index (κ1) is 33.4. The Labute approximate surface area is 214 Å². The third kappa shape index (κ3) is 21.9. The lowest BCUT2D eigenvalue weighted by Crippen LogP contribution is -2.44. The first-order chi connectivity index (χ1) is 16.7. The molecule has 34 heavy (non-hydrogen) atoms. The molecule has 204 valence electrons. The van der Waals surface area contributed by atoms with E-state index in [2.05, 4.69) is 18.7 Å². The second-order valence-corrected chi connectivity index (χ2v) is 10.6. The fourth-order valence-electron chi connectivity index (χ4n) is 4.78. The minimum absolute atomic E-state index is 0.170. The van der Waals surface area contributed by atoms with Gasteiger partial charge in [-0.15, -0.1) is 0 Å². The largest absolute Gasteiger partial charge is 0.341 e. The summed E-state index contributed by atoms with van der Waals surface area (Å²) >= 11 is 0. The summed E-state index contributed by atoms with van der Waals surface area (Å²) < 4.78 is 0. The van der Waals surface area contributed by atoms with Crippen molar-refractivity contribution in [1.29, 1.82) is 0 Å². The summed E-state index contributed by atoms with van der Waals surface area (Å²) in [7, 11) is 0. The van der Waals surface area contributed by atoms with Gasteiger partial charge in [-0.25, -0.2) is 0 Å². The van der Waals surface area contributed by atoms with Crippen LogP contribution in [0.2, 0.25) is 0 Å². The molecule has 1 unspecified atom stereocenters. The van der Waals surface area contributed by atoms with Crippen molar-refractivity contribution in [3.05, 3.63) is 0 Å². The summed E-state index contributed by atoms with van der Waals surface area (Å²) in [4.78, 5) is 15.1. The van der Waals surface area contributed by atoms with Crippen molar-refractivity contribution in [1.82, 2.24) is 4.90 Å². The maximum atomic E-state index is 13.0. The van der Waals surface area contributed by atoms with Crippen molar-refractivity contribution in [3.63, 3.8) is 0 Å². The molecule has 1 atom stereocenters. The molecular weight excluding hydrogens is 418 g/mol. The zero-order valence-electron chi connectivity index (χ0n) is 23.5. The van der Waals surface area contributed by atoms with Crippen LogP contribution in [0.15, 0.2) is 0 Å². The molecular formula is C30H63N3O. The number of nitrogens with zero attached hydrogens (tertiary/aromatic N) is 1. The van der Waals surface area contributed by atoms with Crippen molar-refractivity contribution in [2.45, 2.75) is 168 Å². The summed E-state index contributed by atoms with van der Waals surface area (Å²) in [5, 5.41) is 0. The highest BCUT2D eigenvalue weighted by atomic mass is 16.2. The van der Waals surface area contributed by atoms with Gasteiger partial charge in [-0.1, -0.05) is 136 Å². The number of carbonyl (C=O) groups is 1.